The molecule has 0 radical (unpaired) electrons. The molecule has 0 aliphatic carbocycles. The van der Waals surface area contributed by atoms with Crippen LogP contribution < -0.4 is 16.0 Å². The molecule has 3 unspecified atom stereocenters. The number of amides is 4. The fraction of sp³-hybridized carbons (Fsp3) is 0.600. The van der Waals surface area contributed by atoms with Gasteiger partial charge in [-0.2, -0.15) is 0 Å². The van der Waals surface area contributed by atoms with Crippen LogP contribution in [0.25, 0.3) is 0 Å². The molecule has 0 saturated carbocycles. The Hall–Kier alpha value is -3.04. The number of hydrogen-bond acceptors (Lipinski definition) is 6. The number of furan rings is 1. The maximum absolute atomic E-state index is 13.2. The zero-order valence-corrected chi connectivity index (χ0v) is 17.9. The van der Waals surface area contributed by atoms with E-state index in [4.69, 9.17) is 9.15 Å². The molecule has 0 spiro atoms. The number of urea groups is 1. The molecule has 166 valence electrons. The zero-order chi connectivity index (χ0) is 22.4. The highest BCUT2D eigenvalue weighted by molar-refractivity contribution is 5.97. The van der Waals surface area contributed by atoms with Gasteiger partial charge in [-0.15, -0.1) is 0 Å². The van der Waals surface area contributed by atoms with E-state index in [1.54, 1.807) is 19.9 Å². The van der Waals surface area contributed by atoms with E-state index < -0.39 is 41.9 Å². The average molecular weight is 422 g/mol. The van der Waals surface area contributed by atoms with Crippen molar-refractivity contribution in [3.8, 4) is 0 Å². The predicted molar refractivity (Wildman–Crippen MR) is 108 cm³/mol. The third-order valence-electron chi connectivity index (χ3n) is 4.82. The zero-order valence-electron chi connectivity index (χ0n) is 17.9. The van der Waals surface area contributed by atoms with Gasteiger partial charge in [-0.05, 0) is 38.3 Å². The molecule has 3 N–H and O–H groups in total. The van der Waals surface area contributed by atoms with Gasteiger partial charge in [0, 0.05) is 12.6 Å². The maximum Gasteiger partial charge on any atom is 0.328 e. The third kappa shape index (κ3) is 5.52. The molecule has 2 heterocycles. The van der Waals surface area contributed by atoms with Crippen molar-refractivity contribution in [3.05, 3.63) is 24.2 Å². The molecule has 30 heavy (non-hydrogen) atoms. The quantitative estimate of drug-likeness (QED) is 0.560. The molecular weight excluding hydrogens is 392 g/mol. The highest BCUT2D eigenvalue weighted by Gasteiger charge is 2.44. The minimum Gasteiger partial charge on any atom is -0.467 e. The first-order chi connectivity index (χ1) is 14.1. The van der Waals surface area contributed by atoms with Crippen LogP contribution in [-0.2, 0) is 14.3 Å². The number of nitrogens with one attached hydrogen (secondary N) is 3. The molecule has 2 rings (SSSR count). The van der Waals surface area contributed by atoms with Gasteiger partial charge in [0.05, 0.1) is 19.4 Å². The Labute approximate surface area is 175 Å². The van der Waals surface area contributed by atoms with Gasteiger partial charge in [-0.25, -0.2) is 9.59 Å². The average Bonchev–Trinajstić information content (AvgIpc) is 3.34. The second kappa shape index (κ2) is 10.1. The van der Waals surface area contributed by atoms with Crippen molar-refractivity contribution in [2.24, 2.45) is 5.92 Å². The molecule has 1 aromatic rings. The smallest absolute Gasteiger partial charge is 0.328 e. The number of likely N-dealkylation sites (tertiary alicyclic amines) is 1. The summed E-state index contributed by atoms with van der Waals surface area (Å²) in [6.07, 6.45) is 1.75. The second-order valence-corrected chi connectivity index (χ2v) is 7.84. The highest BCUT2D eigenvalue weighted by Crippen LogP contribution is 2.22. The number of hydrogen-bond donors (Lipinski definition) is 3. The number of nitrogens with zero attached hydrogens (tertiary/aromatic N) is 1. The van der Waals surface area contributed by atoms with E-state index in [9.17, 15) is 19.2 Å². The molecule has 0 aromatic carbocycles. The van der Waals surface area contributed by atoms with Crippen LogP contribution in [0.1, 0.15) is 44.7 Å². The van der Waals surface area contributed by atoms with Crippen molar-refractivity contribution in [3.63, 3.8) is 0 Å². The van der Waals surface area contributed by atoms with Gasteiger partial charge in [0.25, 0.3) is 5.91 Å². The topological polar surface area (TPSA) is 130 Å². The van der Waals surface area contributed by atoms with Crippen LogP contribution in [-0.4, -0.2) is 66.5 Å². The first-order valence-corrected chi connectivity index (χ1v) is 9.95. The van der Waals surface area contributed by atoms with Crippen LogP contribution in [0.5, 0.6) is 0 Å². The number of carbonyl (C=O) groups is 4. The van der Waals surface area contributed by atoms with Gasteiger partial charge in [-0.1, -0.05) is 13.8 Å². The van der Waals surface area contributed by atoms with Crippen LogP contribution in [0.15, 0.2) is 22.8 Å². The standard InChI is InChI=1S/C20H30N4O6/c1-11(2)15(19(27)29-5)23-17(25)16-13(22-20(28)21-12(3)4)8-9-24(16)18(26)14-7-6-10-30-14/h6-7,10-13,15-16H,8-9H2,1-5H3,(H,23,25)(H2,21,22,28). The summed E-state index contributed by atoms with van der Waals surface area (Å²) in [6.45, 7) is 7.42. The van der Waals surface area contributed by atoms with E-state index >= 15 is 0 Å². The number of esters is 1. The van der Waals surface area contributed by atoms with Crippen LogP contribution in [0.3, 0.4) is 0 Å². The number of methoxy groups -OCH3 is 1. The number of carbonyl (C=O) groups excluding carboxylic acids is 4. The van der Waals surface area contributed by atoms with Gasteiger partial charge >= 0.3 is 12.0 Å². The molecule has 1 aliphatic heterocycles. The second-order valence-electron chi connectivity index (χ2n) is 7.84. The summed E-state index contributed by atoms with van der Waals surface area (Å²) in [4.78, 5) is 51.7. The summed E-state index contributed by atoms with van der Waals surface area (Å²) in [5.41, 5.74) is 0. The summed E-state index contributed by atoms with van der Waals surface area (Å²) < 4.78 is 9.96. The normalized spacial score (nSPS) is 19.5. The fourth-order valence-corrected chi connectivity index (χ4v) is 3.37. The van der Waals surface area contributed by atoms with E-state index in [0.717, 1.165) is 0 Å². The van der Waals surface area contributed by atoms with E-state index in [1.165, 1.54) is 24.3 Å². The van der Waals surface area contributed by atoms with Crippen molar-refractivity contribution < 1.29 is 28.3 Å². The van der Waals surface area contributed by atoms with Gasteiger partial charge in [0.2, 0.25) is 5.91 Å². The third-order valence-corrected chi connectivity index (χ3v) is 4.82. The van der Waals surface area contributed by atoms with Crippen molar-refractivity contribution in [1.29, 1.82) is 0 Å². The lowest BCUT2D eigenvalue weighted by molar-refractivity contribution is -0.146. The number of ether oxygens (including phenoxy) is 1. The summed E-state index contributed by atoms with van der Waals surface area (Å²) in [5, 5.41) is 8.15. The number of rotatable bonds is 7. The van der Waals surface area contributed by atoms with Crippen LogP contribution in [0.4, 0.5) is 4.79 Å². The fourth-order valence-electron chi connectivity index (χ4n) is 3.37. The minimum absolute atomic E-state index is 0.0912. The van der Waals surface area contributed by atoms with Gasteiger partial charge < -0.3 is 30.0 Å². The Morgan fingerprint density at radius 2 is 1.87 bits per heavy atom. The summed E-state index contributed by atoms with van der Waals surface area (Å²) in [6, 6.07) is 0.0384. The molecule has 1 aliphatic rings. The first-order valence-electron chi connectivity index (χ1n) is 9.95. The highest BCUT2D eigenvalue weighted by atomic mass is 16.5. The van der Waals surface area contributed by atoms with E-state index in [1.807, 2.05) is 13.8 Å². The van der Waals surface area contributed by atoms with Crippen LogP contribution >= 0.6 is 0 Å². The summed E-state index contributed by atoms with van der Waals surface area (Å²) in [5.74, 6) is -1.73. The van der Waals surface area contributed by atoms with Crippen molar-refractivity contribution in [2.75, 3.05) is 13.7 Å². The molecule has 3 atom stereocenters. The van der Waals surface area contributed by atoms with Crippen LogP contribution in [0, 0.1) is 5.92 Å². The Morgan fingerprint density at radius 1 is 1.17 bits per heavy atom. The molecule has 1 aromatic heterocycles. The minimum atomic E-state index is -1.01. The summed E-state index contributed by atoms with van der Waals surface area (Å²) >= 11 is 0. The molecule has 10 heteroatoms. The lowest BCUT2D eigenvalue weighted by atomic mass is 10.0. The predicted octanol–water partition coefficient (Wildman–Crippen LogP) is 0.884. The monoisotopic (exact) mass is 422 g/mol. The molecule has 0 bridgehead atoms. The molecule has 10 nitrogen and oxygen atoms in total. The van der Waals surface area contributed by atoms with Gasteiger partial charge in [-0.3, -0.25) is 9.59 Å². The Bertz CT molecular complexity index is 761. The van der Waals surface area contributed by atoms with Crippen molar-refractivity contribution in [1.82, 2.24) is 20.9 Å². The van der Waals surface area contributed by atoms with E-state index in [0.29, 0.717) is 6.42 Å². The lowest BCUT2D eigenvalue weighted by Crippen LogP contribution is -2.59. The van der Waals surface area contributed by atoms with E-state index in [2.05, 4.69) is 16.0 Å². The Balaban J connectivity index is 2.26. The van der Waals surface area contributed by atoms with Crippen LogP contribution in [0.2, 0.25) is 0 Å². The SMILES string of the molecule is COC(=O)C(NC(=O)C1C(NC(=O)NC(C)C)CCN1C(=O)c1ccco1)C(C)C. The van der Waals surface area contributed by atoms with Gasteiger partial charge in [0.1, 0.15) is 12.1 Å². The van der Waals surface area contributed by atoms with E-state index in [-0.39, 0.29) is 24.3 Å². The molecule has 1 saturated heterocycles. The van der Waals surface area contributed by atoms with Gasteiger partial charge in [0.15, 0.2) is 5.76 Å². The molecule has 1 fully saturated rings. The Morgan fingerprint density at radius 3 is 2.40 bits per heavy atom. The molecule has 4 amide bonds. The molecular formula is C20H30N4O6. The first kappa shape index (κ1) is 23.2. The lowest BCUT2D eigenvalue weighted by Gasteiger charge is -2.29. The van der Waals surface area contributed by atoms with Crippen molar-refractivity contribution >= 4 is 23.8 Å². The maximum atomic E-state index is 13.2. The Kier molecular flexibility index (Phi) is 7.85. The largest absolute Gasteiger partial charge is 0.467 e. The summed E-state index contributed by atoms with van der Waals surface area (Å²) in [7, 11) is 1.24. The van der Waals surface area contributed by atoms with Crippen molar-refractivity contribution in [2.45, 2.75) is 58.3 Å².